The van der Waals surface area contributed by atoms with Gasteiger partial charge in [-0.1, -0.05) is 0 Å². The number of hydrogen-bond donors (Lipinski definition) is 3. The first kappa shape index (κ1) is 10.7. The van der Waals surface area contributed by atoms with Crippen LogP contribution in [0.25, 0.3) is 0 Å². The molecule has 0 spiro atoms. The number of aliphatic hydroxyl groups excluding tert-OH is 1. The van der Waals surface area contributed by atoms with Crippen LogP contribution in [0, 0.1) is 0 Å². The third-order valence-electron chi connectivity index (χ3n) is 1.88. The summed E-state index contributed by atoms with van der Waals surface area (Å²) in [6, 6.07) is 1.74. The summed E-state index contributed by atoms with van der Waals surface area (Å²) in [6.07, 6.45) is 1.44. The molecule has 0 aliphatic heterocycles. The van der Waals surface area contributed by atoms with Crippen molar-refractivity contribution in [1.29, 1.82) is 0 Å². The Hall–Kier alpha value is -1.40. The van der Waals surface area contributed by atoms with Gasteiger partial charge in [0.15, 0.2) is 0 Å². The SMILES string of the molecule is CCN(CCO)c1cc(NN)ncn1. The van der Waals surface area contributed by atoms with Gasteiger partial charge in [-0.15, -0.1) is 0 Å². The van der Waals surface area contributed by atoms with Gasteiger partial charge in [-0.2, -0.15) is 0 Å². The quantitative estimate of drug-likeness (QED) is 0.439. The fourth-order valence-corrected chi connectivity index (χ4v) is 1.15. The van der Waals surface area contributed by atoms with Crippen molar-refractivity contribution < 1.29 is 5.11 Å². The lowest BCUT2D eigenvalue weighted by atomic mass is 10.4. The third kappa shape index (κ3) is 2.54. The van der Waals surface area contributed by atoms with Crippen LogP contribution in [0.5, 0.6) is 0 Å². The molecule has 78 valence electrons. The van der Waals surface area contributed by atoms with Crippen molar-refractivity contribution in [3.8, 4) is 0 Å². The fourth-order valence-electron chi connectivity index (χ4n) is 1.15. The Bertz CT molecular complexity index is 280. The number of likely N-dealkylation sites (N-methyl/N-ethyl adjacent to an activating group) is 1. The predicted octanol–water partition coefficient (Wildman–Crippen LogP) is -0.419. The number of nitrogen functional groups attached to an aromatic ring is 1. The highest BCUT2D eigenvalue weighted by Crippen LogP contribution is 2.12. The molecule has 0 aromatic carbocycles. The number of hydrazine groups is 1. The molecule has 1 heterocycles. The molecule has 6 nitrogen and oxygen atoms in total. The van der Waals surface area contributed by atoms with Crippen LogP contribution in [0.15, 0.2) is 12.4 Å². The topological polar surface area (TPSA) is 87.3 Å². The minimum absolute atomic E-state index is 0.100. The van der Waals surface area contributed by atoms with Gasteiger partial charge in [0.1, 0.15) is 18.0 Å². The maximum Gasteiger partial charge on any atom is 0.145 e. The van der Waals surface area contributed by atoms with Crippen molar-refractivity contribution in [2.75, 3.05) is 30.0 Å². The van der Waals surface area contributed by atoms with Crippen LogP contribution in [0.2, 0.25) is 0 Å². The molecular weight excluding hydrogens is 182 g/mol. The van der Waals surface area contributed by atoms with Crippen LogP contribution in [0.3, 0.4) is 0 Å². The second kappa shape index (κ2) is 5.36. The molecular formula is C8H15N5O. The second-order valence-electron chi connectivity index (χ2n) is 2.71. The van der Waals surface area contributed by atoms with Crippen molar-refractivity contribution in [2.45, 2.75) is 6.92 Å². The molecule has 6 heteroatoms. The molecule has 14 heavy (non-hydrogen) atoms. The largest absolute Gasteiger partial charge is 0.395 e. The zero-order valence-electron chi connectivity index (χ0n) is 8.14. The van der Waals surface area contributed by atoms with E-state index in [4.69, 9.17) is 10.9 Å². The first-order valence-corrected chi connectivity index (χ1v) is 4.46. The minimum atomic E-state index is 0.100. The van der Waals surface area contributed by atoms with Crippen LogP contribution in [-0.2, 0) is 0 Å². The van der Waals surface area contributed by atoms with Gasteiger partial charge in [0, 0.05) is 19.2 Å². The van der Waals surface area contributed by atoms with Gasteiger partial charge < -0.3 is 15.4 Å². The van der Waals surface area contributed by atoms with Gasteiger partial charge >= 0.3 is 0 Å². The highest BCUT2D eigenvalue weighted by atomic mass is 16.3. The summed E-state index contributed by atoms with van der Waals surface area (Å²) in [5, 5.41) is 8.83. The van der Waals surface area contributed by atoms with Crippen molar-refractivity contribution >= 4 is 11.6 Å². The van der Waals surface area contributed by atoms with Crippen molar-refractivity contribution in [3.63, 3.8) is 0 Å². The molecule has 1 aromatic rings. The molecule has 0 aliphatic carbocycles. The van der Waals surface area contributed by atoms with E-state index in [0.29, 0.717) is 12.4 Å². The number of nitrogens with two attached hydrogens (primary N) is 1. The van der Waals surface area contributed by atoms with E-state index in [0.717, 1.165) is 12.4 Å². The molecule has 0 aliphatic rings. The standard InChI is InChI=1S/C8H15N5O/c1-2-13(3-4-14)8-5-7(12-9)10-6-11-8/h5-6,14H,2-4,9H2,1H3,(H,10,11,12). The van der Waals surface area contributed by atoms with Crippen LogP contribution < -0.4 is 16.2 Å². The van der Waals surface area contributed by atoms with E-state index < -0.39 is 0 Å². The summed E-state index contributed by atoms with van der Waals surface area (Å²) in [7, 11) is 0. The molecule has 0 fully saturated rings. The zero-order valence-corrected chi connectivity index (χ0v) is 8.14. The Balaban J connectivity index is 2.80. The number of rotatable bonds is 5. The van der Waals surface area contributed by atoms with Crippen LogP contribution in [0.4, 0.5) is 11.6 Å². The van der Waals surface area contributed by atoms with E-state index in [9.17, 15) is 0 Å². The first-order valence-electron chi connectivity index (χ1n) is 4.46. The van der Waals surface area contributed by atoms with E-state index in [1.165, 1.54) is 6.33 Å². The van der Waals surface area contributed by atoms with Crippen molar-refractivity contribution in [2.24, 2.45) is 5.84 Å². The molecule has 0 bridgehead atoms. The van der Waals surface area contributed by atoms with Crippen molar-refractivity contribution in [1.82, 2.24) is 9.97 Å². The highest BCUT2D eigenvalue weighted by Gasteiger charge is 2.05. The van der Waals surface area contributed by atoms with Crippen molar-refractivity contribution in [3.05, 3.63) is 12.4 Å². The molecule has 0 radical (unpaired) electrons. The normalized spacial score (nSPS) is 9.93. The first-order chi connectivity index (χ1) is 6.81. The van der Waals surface area contributed by atoms with Gasteiger partial charge in [-0.05, 0) is 6.92 Å². The van der Waals surface area contributed by atoms with Gasteiger partial charge in [0.05, 0.1) is 6.61 Å². The van der Waals surface area contributed by atoms with Gasteiger partial charge in [0.25, 0.3) is 0 Å². The lowest BCUT2D eigenvalue weighted by Gasteiger charge is -2.20. The van der Waals surface area contributed by atoms with E-state index >= 15 is 0 Å². The number of nitrogens with zero attached hydrogens (tertiary/aromatic N) is 3. The Morgan fingerprint density at radius 2 is 2.36 bits per heavy atom. The summed E-state index contributed by atoms with van der Waals surface area (Å²) >= 11 is 0. The number of anilines is 2. The number of hydrogen-bond acceptors (Lipinski definition) is 6. The summed E-state index contributed by atoms with van der Waals surface area (Å²) < 4.78 is 0. The van der Waals surface area contributed by atoms with E-state index in [1.807, 2.05) is 11.8 Å². The molecule has 1 aromatic heterocycles. The number of aliphatic hydroxyl groups is 1. The Kier molecular flexibility index (Phi) is 4.09. The van der Waals surface area contributed by atoms with E-state index in [2.05, 4.69) is 15.4 Å². The number of aromatic nitrogens is 2. The average molecular weight is 197 g/mol. The molecule has 0 unspecified atom stereocenters. The summed E-state index contributed by atoms with van der Waals surface area (Å²) in [5.74, 6) is 6.54. The molecule has 0 saturated carbocycles. The van der Waals surface area contributed by atoms with Crippen LogP contribution >= 0.6 is 0 Å². The Morgan fingerprint density at radius 3 is 2.93 bits per heavy atom. The molecule has 0 saturated heterocycles. The molecule has 4 N–H and O–H groups in total. The minimum Gasteiger partial charge on any atom is -0.395 e. The highest BCUT2D eigenvalue weighted by molar-refractivity contribution is 5.47. The predicted molar refractivity (Wildman–Crippen MR) is 54.8 cm³/mol. The van der Waals surface area contributed by atoms with Gasteiger partial charge in [-0.25, -0.2) is 15.8 Å². The lowest BCUT2D eigenvalue weighted by Crippen LogP contribution is -2.27. The fraction of sp³-hybridized carbons (Fsp3) is 0.500. The second-order valence-corrected chi connectivity index (χ2v) is 2.71. The van der Waals surface area contributed by atoms with Crippen LogP contribution in [0.1, 0.15) is 6.92 Å². The van der Waals surface area contributed by atoms with Crippen LogP contribution in [-0.4, -0.2) is 34.8 Å². The van der Waals surface area contributed by atoms with Gasteiger partial charge in [0.2, 0.25) is 0 Å². The molecule has 1 rings (SSSR count). The summed E-state index contributed by atoms with van der Waals surface area (Å²) in [6.45, 7) is 3.43. The zero-order chi connectivity index (χ0) is 10.4. The summed E-state index contributed by atoms with van der Waals surface area (Å²) in [4.78, 5) is 9.92. The summed E-state index contributed by atoms with van der Waals surface area (Å²) in [5.41, 5.74) is 2.45. The maximum absolute atomic E-state index is 8.83. The van der Waals surface area contributed by atoms with E-state index in [1.54, 1.807) is 6.07 Å². The molecule has 0 amide bonds. The Morgan fingerprint density at radius 1 is 1.57 bits per heavy atom. The van der Waals surface area contributed by atoms with E-state index in [-0.39, 0.29) is 6.61 Å². The smallest absolute Gasteiger partial charge is 0.145 e. The lowest BCUT2D eigenvalue weighted by molar-refractivity contribution is 0.302. The van der Waals surface area contributed by atoms with Gasteiger partial charge in [-0.3, -0.25) is 0 Å². The monoisotopic (exact) mass is 197 g/mol. The third-order valence-corrected chi connectivity index (χ3v) is 1.88. The Labute approximate surface area is 82.7 Å². The average Bonchev–Trinajstić information content (AvgIpc) is 2.26. The molecule has 0 atom stereocenters. The number of nitrogens with one attached hydrogen (secondary N) is 1. The maximum atomic E-state index is 8.83.